The maximum absolute atomic E-state index is 10.9. The number of rotatable bonds is 5. The minimum atomic E-state index is -0.785. The Labute approximate surface area is 71.8 Å². The van der Waals surface area contributed by atoms with Crippen molar-refractivity contribution in [2.45, 2.75) is 26.1 Å². The molecule has 12 heavy (non-hydrogen) atoms. The first-order valence-electron chi connectivity index (χ1n) is 3.61. The molecule has 0 radical (unpaired) electrons. The summed E-state index contributed by atoms with van der Waals surface area (Å²) < 4.78 is 9.66. The molecule has 0 aliphatic heterocycles. The summed E-state index contributed by atoms with van der Waals surface area (Å²) in [6.07, 6.45) is -1.57. The smallest absolute Gasteiger partial charge is 0.161 e. The van der Waals surface area contributed by atoms with Crippen LogP contribution in [0.25, 0.3) is 0 Å². The Balaban J connectivity index is 4.44. The second-order valence-corrected chi connectivity index (χ2v) is 2.53. The standard InChI is InChI=1S/C8H14O4/c1-5(9)7(11-3)8(12-4)6(2)10/h7-8H,1-4H3. The first-order chi connectivity index (χ1) is 5.54. The summed E-state index contributed by atoms with van der Waals surface area (Å²) in [4.78, 5) is 21.8. The van der Waals surface area contributed by atoms with Gasteiger partial charge in [-0.1, -0.05) is 0 Å². The third-order valence-corrected chi connectivity index (χ3v) is 1.58. The molecular formula is C8H14O4. The first kappa shape index (κ1) is 11.3. The van der Waals surface area contributed by atoms with Crippen molar-refractivity contribution >= 4 is 11.6 Å². The quantitative estimate of drug-likeness (QED) is 0.597. The van der Waals surface area contributed by atoms with E-state index < -0.39 is 12.2 Å². The SMILES string of the molecule is COC(C(C)=O)C(OC)C(C)=O. The van der Waals surface area contributed by atoms with Gasteiger partial charge in [-0.25, -0.2) is 0 Å². The summed E-state index contributed by atoms with van der Waals surface area (Å²) in [7, 11) is 2.75. The van der Waals surface area contributed by atoms with Crippen LogP contribution in [0.4, 0.5) is 0 Å². The molecule has 0 saturated carbocycles. The van der Waals surface area contributed by atoms with Gasteiger partial charge in [-0.2, -0.15) is 0 Å². The van der Waals surface area contributed by atoms with Crippen molar-refractivity contribution in [3.63, 3.8) is 0 Å². The molecule has 70 valence electrons. The zero-order valence-corrected chi connectivity index (χ0v) is 7.79. The van der Waals surface area contributed by atoms with Crippen molar-refractivity contribution in [3.05, 3.63) is 0 Å². The number of Topliss-reactive ketones (excluding diaryl/α,β-unsaturated/α-hetero) is 2. The summed E-state index contributed by atoms with van der Waals surface area (Å²) in [5.74, 6) is -0.417. The number of hydrogen-bond donors (Lipinski definition) is 0. The van der Waals surface area contributed by atoms with E-state index in [1.54, 1.807) is 0 Å². The maximum Gasteiger partial charge on any atom is 0.161 e. The molecule has 2 atom stereocenters. The normalized spacial score (nSPS) is 15.3. The van der Waals surface area contributed by atoms with Crippen LogP contribution < -0.4 is 0 Å². The molecule has 4 heteroatoms. The zero-order chi connectivity index (χ0) is 9.72. The van der Waals surface area contributed by atoms with Crippen LogP contribution in [0.5, 0.6) is 0 Å². The second-order valence-electron chi connectivity index (χ2n) is 2.53. The fourth-order valence-corrected chi connectivity index (χ4v) is 1.01. The van der Waals surface area contributed by atoms with Crippen LogP contribution in [-0.2, 0) is 19.1 Å². The zero-order valence-electron chi connectivity index (χ0n) is 7.79. The van der Waals surface area contributed by atoms with Crippen molar-refractivity contribution in [1.29, 1.82) is 0 Å². The lowest BCUT2D eigenvalue weighted by Crippen LogP contribution is -2.40. The minimum absolute atomic E-state index is 0.209. The molecule has 0 saturated heterocycles. The Morgan fingerprint density at radius 2 is 1.17 bits per heavy atom. The molecule has 0 aromatic rings. The number of methoxy groups -OCH3 is 2. The summed E-state index contributed by atoms with van der Waals surface area (Å²) in [6.45, 7) is 2.73. The van der Waals surface area contributed by atoms with Crippen LogP contribution in [0.15, 0.2) is 0 Å². The van der Waals surface area contributed by atoms with Gasteiger partial charge in [0.25, 0.3) is 0 Å². The predicted octanol–water partition coefficient (Wildman–Crippen LogP) is 0.194. The number of ether oxygens (including phenoxy) is 2. The molecule has 0 aliphatic carbocycles. The van der Waals surface area contributed by atoms with Gasteiger partial charge in [-0.05, 0) is 13.8 Å². The van der Waals surface area contributed by atoms with Crippen molar-refractivity contribution in [2.75, 3.05) is 14.2 Å². The molecule has 2 unspecified atom stereocenters. The van der Waals surface area contributed by atoms with Gasteiger partial charge in [0.05, 0.1) is 0 Å². The molecule has 0 amide bonds. The van der Waals surface area contributed by atoms with E-state index in [4.69, 9.17) is 9.47 Å². The molecular weight excluding hydrogens is 160 g/mol. The predicted molar refractivity (Wildman–Crippen MR) is 43.0 cm³/mol. The highest BCUT2D eigenvalue weighted by atomic mass is 16.5. The molecule has 0 aromatic carbocycles. The number of carbonyl (C=O) groups excluding carboxylic acids is 2. The van der Waals surface area contributed by atoms with Crippen LogP contribution in [-0.4, -0.2) is 38.0 Å². The average molecular weight is 174 g/mol. The average Bonchev–Trinajstić information content (AvgIpc) is 1.98. The fourth-order valence-electron chi connectivity index (χ4n) is 1.01. The number of carbonyl (C=O) groups is 2. The highest BCUT2D eigenvalue weighted by Gasteiger charge is 2.28. The topological polar surface area (TPSA) is 52.6 Å². The monoisotopic (exact) mass is 174 g/mol. The van der Waals surface area contributed by atoms with Gasteiger partial charge < -0.3 is 9.47 Å². The Morgan fingerprint density at radius 3 is 1.25 bits per heavy atom. The Kier molecular flexibility index (Phi) is 4.70. The number of ketones is 2. The van der Waals surface area contributed by atoms with Crippen LogP contribution in [0.1, 0.15) is 13.8 Å². The molecule has 0 rings (SSSR count). The van der Waals surface area contributed by atoms with Crippen LogP contribution in [0, 0.1) is 0 Å². The second kappa shape index (κ2) is 5.00. The van der Waals surface area contributed by atoms with E-state index in [1.807, 2.05) is 0 Å². The molecule has 0 aliphatic rings. The van der Waals surface area contributed by atoms with E-state index in [1.165, 1.54) is 28.1 Å². The van der Waals surface area contributed by atoms with Crippen LogP contribution >= 0.6 is 0 Å². The van der Waals surface area contributed by atoms with Crippen LogP contribution in [0.2, 0.25) is 0 Å². The van der Waals surface area contributed by atoms with Crippen molar-refractivity contribution in [1.82, 2.24) is 0 Å². The molecule has 0 bridgehead atoms. The van der Waals surface area contributed by atoms with Gasteiger partial charge >= 0.3 is 0 Å². The summed E-state index contributed by atoms with van der Waals surface area (Å²) in [5, 5.41) is 0. The molecule has 0 aromatic heterocycles. The van der Waals surface area contributed by atoms with E-state index >= 15 is 0 Å². The van der Waals surface area contributed by atoms with Gasteiger partial charge in [-0.15, -0.1) is 0 Å². The maximum atomic E-state index is 10.9. The molecule has 0 heterocycles. The largest absolute Gasteiger partial charge is 0.370 e. The van der Waals surface area contributed by atoms with Gasteiger partial charge in [0.15, 0.2) is 11.6 Å². The Bertz CT molecular complexity index is 156. The van der Waals surface area contributed by atoms with E-state index in [2.05, 4.69) is 0 Å². The Hall–Kier alpha value is -0.740. The summed E-state index contributed by atoms with van der Waals surface area (Å²) in [5.41, 5.74) is 0. The highest BCUT2D eigenvalue weighted by Crippen LogP contribution is 2.04. The lowest BCUT2D eigenvalue weighted by molar-refractivity contribution is -0.146. The third-order valence-electron chi connectivity index (χ3n) is 1.58. The highest BCUT2D eigenvalue weighted by molar-refractivity contribution is 5.90. The first-order valence-corrected chi connectivity index (χ1v) is 3.61. The van der Waals surface area contributed by atoms with Gasteiger partial charge in [0, 0.05) is 14.2 Å². The fraction of sp³-hybridized carbons (Fsp3) is 0.750. The van der Waals surface area contributed by atoms with Crippen molar-refractivity contribution in [2.24, 2.45) is 0 Å². The van der Waals surface area contributed by atoms with Gasteiger partial charge in [0.2, 0.25) is 0 Å². The van der Waals surface area contributed by atoms with Crippen molar-refractivity contribution < 1.29 is 19.1 Å². The molecule has 0 N–H and O–H groups in total. The van der Waals surface area contributed by atoms with Crippen molar-refractivity contribution in [3.8, 4) is 0 Å². The Morgan fingerprint density at radius 1 is 0.917 bits per heavy atom. The van der Waals surface area contributed by atoms with Crippen LogP contribution in [0.3, 0.4) is 0 Å². The van der Waals surface area contributed by atoms with E-state index in [-0.39, 0.29) is 11.6 Å². The van der Waals surface area contributed by atoms with Gasteiger partial charge in [0.1, 0.15) is 12.2 Å². The van der Waals surface area contributed by atoms with E-state index in [0.717, 1.165) is 0 Å². The minimum Gasteiger partial charge on any atom is -0.370 e. The van der Waals surface area contributed by atoms with E-state index in [0.29, 0.717) is 0 Å². The molecule has 4 nitrogen and oxygen atoms in total. The molecule has 0 fully saturated rings. The third kappa shape index (κ3) is 2.71. The molecule has 0 spiro atoms. The summed E-state index contributed by atoms with van der Waals surface area (Å²) in [6, 6.07) is 0. The lowest BCUT2D eigenvalue weighted by atomic mass is 10.1. The van der Waals surface area contributed by atoms with Gasteiger partial charge in [-0.3, -0.25) is 9.59 Å². The summed E-state index contributed by atoms with van der Waals surface area (Å²) >= 11 is 0. The number of hydrogen-bond acceptors (Lipinski definition) is 4. The van der Waals surface area contributed by atoms with E-state index in [9.17, 15) is 9.59 Å². The lowest BCUT2D eigenvalue weighted by Gasteiger charge is -2.19.